The Morgan fingerprint density at radius 2 is 1.72 bits per heavy atom. The van der Waals surface area contributed by atoms with Crippen LogP contribution < -0.4 is 4.18 Å². The Hall–Kier alpha value is -1.81. The van der Waals surface area contributed by atoms with Crippen molar-refractivity contribution in [2.24, 2.45) is 0 Å². The van der Waals surface area contributed by atoms with E-state index in [9.17, 15) is 8.42 Å². The average Bonchev–Trinajstić information content (AvgIpc) is 2.64. The summed E-state index contributed by atoms with van der Waals surface area (Å²) in [6.07, 6.45) is 1.88. The molecule has 2 aromatic carbocycles. The molecule has 0 unspecified atom stereocenters. The van der Waals surface area contributed by atoms with Gasteiger partial charge in [-0.2, -0.15) is 8.42 Å². The molecule has 18 heavy (non-hydrogen) atoms. The van der Waals surface area contributed by atoms with Gasteiger partial charge in [0, 0.05) is 0 Å². The lowest BCUT2D eigenvalue weighted by Gasteiger charge is -2.05. The Morgan fingerprint density at radius 3 is 2.50 bits per heavy atom. The zero-order valence-electron chi connectivity index (χ0n) is 9.88. The van der Waals surface area contributed by atoms with Crippen LogP contribution in [0.4, 0.5) is 0 Å². The molecule has 0 aromatic heterocycles. The smallest absolute Gasteiger partial charge is 0.306 e. The molecule has 0 atom stereocenters. The van der Waals surface area contributed by atoms with Crippen LogP contribution in [0.25, 0.3) is 11.1 Å². The topological polar surface area (TPSA) is 43.4 Å². The monoisotopic (exact) mass is 260 g/mol. The van der Waals surface area contributed by atoms with Crippen molar-refractivity contribution in [3.8, 4) is 16.9 Å². The summed E-state index contributed by atoms with van der Waals surface area (Å²) in [6.45, 7) is 0. The first-order chi connectivity index (χ1) is 8.53. The first kappa shape index (κ1) is 11.3. The number of fused-ring (bicyclic) bond motifs is 3. The summed E-state index contributed by atoms with van der Waals surface area (Å²) in [5.41, 5.74) is 4.76. The lowest BCUT2D eigenvalue weighted by Crippen LogP contribution is -2.05. The van der Waals surface area contributed by atoms with Crippen molar-refractivity contribution in [1.29, 1.82) is 0 Å². The van der Waals surface area contributed by atoms with E-state index in [1.54, 1.807) is 12.1 Å². The van der Waals surface area contributed by atoms with Crippen LogP contribution in [0.15, 0.2) is 42.5 Å². The van der Waals surface area contributed by atoms with E-state index < -0.39 is 10.1 Å². The average molecular weight is 260 g/mol. The van der Waals surface area contributed by atoms with Crippen molar-refractivity contribution in [2.45, 2.75) is 6.42 Å². The maximum Gasteiger partial charge on any atom is 0.306 e. The van der Waals surface area contributed by atoms with E-state index in [4.69, 9.17) is 4.18 Å². The van der Waals surface area contributed by atoms with Crippen LogP contribution >= 0.6 is 0 Å². The maximum atomic E-state index is 11.1. The van der Waals surface area contributed by atoms with Gasteiger partial charge < -0.3 is 4.18 Å². The van der Waals surface area contributed by atoms with Crippen molar-refractivity contribution < 1.29 is 12.6 Å². The highest BCUT2D eigenvalue weighted by Crippen LogP contribution is 2.38. The maximum absolute atomic E-state index is 11.1. The summed E-state index contributed by atoms with van der Waals surface area (Å²) in [4.78, 5) is 0. The highest BCUT2D eigenvalue weighted by molar-refractivity contribution is 7.86. The molecule has 1 aliphatic carbocycles. The molecule has 0 radical (unpaired) electrons. The van der Waals surface area contributed by atoms with Gasteiger partial charge in [-0.15, -0.1) is 0 Å². The van der Waals surface area contributed by atoms with E-state index in [2.05, 4.69) is 12.1 Å². The van der Waals surface area contributed by atoms with Crippen LogP contribution in [0, 0.1) is 0 Å². The summed E-state index contributed by atoms with van der Waals surface area (Å²) >= 11 is 0. The second kappa shape index (κ2) is 3.85. The Morgan fingerprint density at radius 1 is 1.00 bits per heavy atom. The van der Waals surface area contributed by atoms with Crippen LogP contribution in [0.1, 0.15) is 11.1 Å². The summed E-state index contributed by atoms with van der Waals surface area (Å²) in [5, 5.41) is 0. The van der Waals surface area contributed by atoms with Crippen molar-refractivity contribution in [2.75, 3.05) is 6.26 Å². The fourth-order valence-corrected chi connectivity index (χ4v) is 2.80. The Labute approximate surface area is 106 Å². The van der Waals surface area contributed by atoms with Gasteiger partial charge in [0.1, 0.15) is 5.75 Å². The van der Waals surface area contributed by atoms with Gasteiger partial charge >= 0.3 is 10.1 Å². The van der Waals surface area contributed by atoms with Gasteiger partial charge in [-0.1, -0.05) is 30.3 Å². The minimum Gasteiger partial charge on any atom is -0.383 e. The van der Waals surface area contributed by atoms with Gasteiger partial charge in [0.15, 0.2) is 0 Å². The number of hydrogen-bond acceptors (Lipinski definition) is 3. The van der Waals surface area contributed by atoms with E-state index in [0.717, 1.165) is 23.8 Å². The molecule has 0 saturated carbocycles. The first-order valence-corrected chi connectivity index (χ1v) is 7.45. The molecule has 4 heteroatoms. The second-order valence-corrected chi connectivity index (χ2v) is 6.02. The molecule has 0 spiro atoms. The molecule has 92 valence electrons. The van der Waals surface area contributed by atoms with E-state index >= 15 is 0 Å². The zero-order valence-corrected chi connectivity index (χ0v) is 10.7. The molecule has 1 aliphatic rings. The standard InChI is InChI=1S/C14H12O3S/c1-18(15,16)17-12-6-7-14-11(9-12)8-10-4-2-3-5-13(10)14/h2-7,9H,8H2,1H3. The number of benzene rings is 2. The van der Waals surface area contributed by atoms with Crippen LogP contribution in [0.2, 0.25) is 0 Å². The summed E-state index contributed by atoms with van der Waals surface area (Å²) in [7, 11) is -3.46. The summed E-state index contributed by atoms with van der Waals surface area (Å²) in [5.74, 6) is 0.379. The molecule has 0 saturated heterocycles. The molecule has 0 heterocycles. The molecular weight excluding hydrogens is 248 g/mol. The SMILES string of the molecule is CS(=O)(=O)Oc1ccc2c(c1)Cc1ccccc1-2. The van der Waals surface area contributed by atoms with Crippen LogP contribution in [0.5, 0.6) is 5.75 Å². The summed E-state index contributed by atoms with van der Waals surface area (Å²) in [6, 6.07) is 13.6. The number of rotatable bonds is 2. The van der Waals surface area contributed by atoms with Gasteiger partial charge in [0.2, 0.25) is 0 Å². The van der Waals surface area contributed by atoms with Crippen LogP contribution in [-0.2, 0) is 16.5 Å². The first-order valence-electron chi connectivity index (χ1n) is 5.63. The molecule has 0 N–H and O–H groups in total. The molecule has 3 nitrogen and oxygen atoms in total. The third kappa shape index (κ3) is 1.99. The van der Waals surface area contributed by atoms with Gasteiger partial charge in [-0.3, -0.25) is 0 Å². The van der Waals surface area contributed by atoms with E-state index in [0.29, 0.717) is 5.75 Å². The molecule has 3 rings (SSSR count). The highest BCUT2D eigenvalue weighted by atomic mass is 32.2. The fraction of sp³-hybridized carbons (Fsp3) is 0.143. The summed E-state index contributed by atoms with van der Waals surface area (Å²) < 4.78 is 27.1. The minimum atomic E-state index is -3.46. The quantitative estimate of drug-likeness (QED) is 0.665. The van der Waals surface area contributed by atoms with Crippen molar-refractivity contribution in [1.82, 2.24) is 0 Å². The largest absolute Gasteiger partial charge is 0.383 e. The van der Waals surface area contributed by atoms with Gasteiger partial charge in [-0.25, -0.2) is 0 Å². The predicted molar refractivity (Wildman–Crippen MR) is 70.2 cm³/mol. The van der Waals surface area contributed by atoms with E-state index in [1.165, 1.54) is 11.1 Å². The Bertz CT molecular complexity index is 718. The minimum absolute atomic E-state index is 0.379. The van der Waals surface area contributed by atoms with Gasteiger partial charge in [0.05, 0.1) is 6.26 Å². The van der Waals surface area contributed by atoms with Crippen molar-refractivity contribution in [3.05, 3.63) is 53.6 Å². The molecule has 0 fully saturated rings. The highest BCUT2D eigenvalue weighted by Gasteiger charge is 2.18. The van der Waals surface area contributed by atoms with Gasteiger partial charge in [-0.05, 0) is 40.8 Å². The van der Waals surface area contributed by atoms with Crippen molar-refractivity contribution in [3.63, 3.8) is 0 Å². The molecule has 0 aliphatic heterocycles. The van der Waals surface area contributed by atoms with E-state index in [1.807, 2.05) is 18.2 Å². The zero-order chi connectivity index (χ0) is 12.8. The normalized spacial score (nSPS) is 12.9. The molecule has 0 bridgehead atoms. The van der Waals surface area contributed by atoms with Crippen molar-refractivity contribution >= 4 is 10.1 Å². The lowest BCUT2D eigenvalue weighted by molar-refractivity contribution is 0.493. The fourth-order valence-electron chi connectivity index (χ4n) is 2.35. The predicted octanol–water partition coefficient (Wildman–Crippen LogP) is 2.60. The van der Waals surface area contributed by atoms with Crippen LogP contribution in [0.3, 0.4) is 0 Å². The third-order valence-corrected chi connectivity index (χ3v) is 3.51. The lowest BCUT2D eigenvalue weighted by atomic mass is 10.1. The molecule has 0 amide bonds. The Balaban J connectivity index is 2.03. The number of hydrogen-bond donors (Lipinski definition) is 0. The third-order valence-electron chi connectivity index (χ3n) is 3.01. The van der Waals surface area contributed by atoms with Gasteiger partial charge in [0.25, 0.3) is 0 Å². The van der Waals surface area contributed by atoms with Crippen LogP contribution in [-0.4, -0.2) is 14.7 Å². The molecular formula is C14H12O3S. The Kier molecular flexibility index (Phi) is 2.41. The van der Waals surface area contributed by atoms with E-state index in [-0.39, 0.29) is 0 Å². The second-order valence-electron chi connectivity index (χ2n) is 4.44. The molecule has 2 aromatic rings.